The second-order valence-electron chi connectivity index (χ2n) is 8.65. The van der Waals surface area contributed by atoms with Crippen LogP contribution in [-0.2, 0) is 11.2 Å². The highest BCUT2D eigenvalue weighted by Crippen LogP contribution is 2.24. The van der Waals surface area contributed by atoms with Crippen LogP contribution in [0.2, 0.25) is 0 Å². The SMILES string of the molecule is Cl.O=C1CCc2cc(C(=O)N3CCN(CCCCCC(=O)c4ccccc4)CC3)ccc2N1. The minimum atomic E-state index is 0. The number of amides is 2. The summed E-state index contributed by atoms with van der Waals surface area (Å²) in [6, 6.07) is 15.1. The standard InChI is InChI=1S/C26H31N3O3.ClH/c30-24(20-7-3-1-4-8-20)9-5-2-6-14-28-15-17-29(18-16-28)26(32)22-10-12-23-21(19-22)11-13-25(31)27-23;/h1,3-4,7-8,10,12,19H,2,5-6,9,11,13-18H2,(H,27,31);1H. The summed E-state index contributed by atoms with van der Waals surface area (Å²) >= 11 is 0. The van der Waals surface area contributed by atoms with E-state index >= 15 is 0 Å². The van der Waals surface area contributed by atoms with Gasteiger partial charge in [-0.1, -0.05) is 36.8 Å². The lowest BCUT2D eigenvalue weighted by atomic mass is 10.00. The number of hydrogen-bond donors (Lipinski definition) is 1. The Kier molecular flexibility index (Phi) is 9.03. The number of carbonyl (C=O) groups excluding carboxylic acids is 3. The number of Topliss-reactive ketones (excluding diaryl/α,β-unsaturated/α-hetero) is 1. The number of nitrogens with zero attached hydrogens (tertiary/aromatic N) is 2. The van der Waals surface area contributed by atoms with Crippen molar-refractivity contribution in [2.45, 2.75) is 38.5 Å². The number of hydrogen-bond acceptors (Lipinski definition) is 4. The third-order valence-electron chi connectivity index (χ3n) is 6.38. The molecule has 6 nitrogen and oxygen atoms in total. The molecule has 0 bridgehead atoms. The van der Waals surface area contributed by atoms with Gasteiger partial charge in [0.2, 0.25) is 5.91 Å². The van der Waals surface area contributed by atoms with Crippen LogP contribution >= 0.6 is 12.4 Å². The first kappa shape index (κ1) is 24.9. The number of nitrogens with one attached hydrogen (secondary N) is 1. The lowest BCUT2D eigenvalue weighted by Crippen LogP contribution is -2.48. The highest BCUT2D eigenvalue weighted by molar-refractivity contribution is 5.98. The number of ketones is 1. The molecule has 4 rings (SSSR count). The molecule has 0 atom stereocenters. The number of aryl methyl sites for hydroxylation is 1. The van der Waals surface area contributed by atoms with Gasteiger partial charge in [0.15, 0.2) is 5.78 Å². The molecule has 0 unspecified atom stereocenters. The van der Waals surface area contributed by atoms with Crippen LogP contribution in [0.25, 0.3) is 0 Å². The molecule has 7 heteroatoms. The van der Waals surface area contributed by atoms with E-state index in [0.717, 1.165) is 68.8 Å². The first-order chi connectivity index (χ1) is 15.6. The Hall–Kier alpha value is -2.70. The topological polar surface area (TPSA) is 69.7 Å². The van der Waals surface area contributed by atoms with Crippen LogP contribution in [0.1, 0.15) is 58.4 Å². The van der Waals surface area contributed by atoms with E-state index < -0.39 is 0 Å². The average Bonchev–Trinajstić information content (AvgIpc) is 2.84. The van der Waals surface area contributed by atoms with Gasteiger partial charge in [0.25, 0.3) is 5.91 Å². The zero-order valence-electron chi connectivity index (χ0n) is 18.9. The number of carbonyl (C=O) groups is 3. The fraction of sp³-hybridized carbons (Fsp3) is 0.423. The molecule has 2 aromatic rings. The van der Waals surface area contributed by atoms with E-state index in [0.29, 0.717) is 24.8 Å². The lowest BCUT2D eigenvalue weighted by Gasteiger charge is -2.35. The van der Waals surface area contributed by atoms with E-state index in [-0.39, 0.29) is 30.0 Å². The first-order valence-corrected chi connectivity index (χ1v) is 11.6. The number of piperazine rings is 1. The van der Waals surface area contributed by atoms with Crippen molar-refractivity contribution in [3.8, 4) is 0 Å². The minimum absolute atomic E-state index is 0. The smallest absolute Gasteiger partial charge is 0.253 e. The minimum Gasteiger partial charge on any atom is -0.336 e. The number of halogens is 1. The van der Waals surface area contributed by atoms with Gasteiger partial charge >= 0.3 is 0 Å². The predicted octanol–water partition coefficient (Wildman–Crippen LogP) is 4.19. The van der Waals surface area contributed by atoms with Gasteiger partial charge in [-0.3, -0.25) is 19.3 Å². The van der Waals surface area contributed by atoms with Gasteiger partial charge in [-0.25, -0.2) is 0 Å². The Balaban J connectivity index is 0.00000306. The van der Waals surface area contributed by atoms with Crippen LogP contribution in [0.4, 0.5) is 5.69 Å². The van der Waals surface area contributed by atoms with Gasteiger partial charge in [-0.2, -0.15) is 0 Å². The molecular weight excluding hydrogens is 438 g/mol. The number of unbranched alkanes of at least 4 members (excludes halogenated alkanes) is 2. The monoisotopic (exact) mass is 469 g/mol. The highest BCUT2D eigenvalue weighted by atomic mass is 35.5. The third kappa shape index (κ3) is 6.65. The summed E-state index contributed by atoms with van der Waals surface area (Å²) in [4.78, 5) is 40.9. The summed E-state index contributed by atoms with van der Waals surface area (Å²) in [5, 5.41) is 2.87. The van der Waals surface area contributed by atoms with Gasteiger partial charge < -0.3 is 10.2 Å². The van der Waals surface area contributed by atoms with Crippen molar-refractivity contribution in [3.05, 3.63) is 65.2 Å². The van der Waals surface area contributed by atoms with Gasteiger partial charge in [0.1, 0.15) is 0 Å². The molecule has 2 amide bonds. The predicted molar refractivity (Wildman–Crippen MR) is 132 cm³/mol. The van der Waals surface area contributed by atoms with Crippen molar-refractivity contribution in [2.75, 3.05) is 38.0 Å². The van der Waals surface area contributed by atoms with Crippen molar-refractivity contribution in [2.24, 2.45) is 0 Å². The molecule has 176 valence electrons. The molecule has 0 radical (unpaired) electrons. The molecule has 0 spiro atoms. The Morgan fingerprint density at radius 2 is 1.61 bits per heavy atom. The molecule has 1 fully saturated rings. The molecule has 2 aromatic carbocycles. The molecular formula is C26H32ClN3O3. The van der Waals surface area contributed by atoms with E-state index in [2.05, 4.69) is 10.2 Å². The van der Waals surface area contributed by atoms with Crippen molar-refractivity contribution >= 4 is 35.7 Å². The second-order valence-corrected chi connectivity index (χ2v) is 8.65. The summed E-state index contributed by atoms with van der Waals surface area (Å²) in [5.41, 5.74) is 3.38. The summed E-state index contributed by atoms with van der Waals surface area (Å²) in [6.45, 7) is 4.25. The van der Waals surface area contributed by atoms with Crippen LogP contribution in [0, 0.1) is 0 Å². The maximum Gasteiger partial charge on any atom is 0.253 e. The third-order valence-corrected chi connectivity index (χ3v) is 6.38. The molecule has 2 aliphatic rings. The van der Waals surface area contributed by atoms with Crippen LogP contribution in [-0.4, -0.2) is 60.1 Å². The van der Waals surface area contributed by atoms with E-state index in [1.165, 1.54) is 0 Å². The van der Waals surface area contributed by atoms with E-state index in [4.69, 9.17) is 0 Å². The number of anilines is 1. The Morgan fingerprint density at radius 1 is 0.848 bits per heavy atom. The first-order valence-electron chi connectivity index (χ1n) is 11.6. The summed E-state index contributed by atoms with van der Waals surface area (Å²) in [7, 11) is 0. The molecule has 0 saturated carbocycles. The molecule has 2 heterocycles. The van der Waals surface area contributed by atoms with Crippen LogP contribution in [0.5, 0.6) is 0 Å². The van der Waals surface area contributed by atoms with Gasteiger partial charge in [-0.05, 0) is 49.6 Å². The van der Waals surface area contributed by atoms with Crippen LogP contribution in [0.15, 0.2) is 48.5 Å². The summed E-state index contributed by atoms with van der Waals surface area (Å²) < 4.78 is 0. The average molecular weight is 470 g/mol. The largest absolute Gasteiger partial charge is 0.336 e. The maximum absolute atomic E-state index is 12.9. The number of fused-ring (bicyclic) bond motifs is 1. The van der Waals surface area contributed by atoms with Crippen molar-refractivity contribution in [1.29, 1.82) is 0 Å². The summed E-state index contributed by atoms with van der Waals surface area (Å²) in [6.07, 6.45) is 4.81. The zero-order chi connectivity index (χ0) is 22.3. The van der Waals surface area contributed by atoms with E-state index in [9.17, 15) is 14.4 Å². The fourth-order valence-electron chi connectivity index (χ4n) is 4.44. The van der Waals surface area contributed by atoms with Crippen molar-refractivity contribution < 1.29 is 14.4 Å². The number of benzene rings is 2. The quantitative estimate of drug-likeness (QED) is 0.464. The molecule has 0 aromatic heterocycles. The van der Waals surface area contributed by atoms with Crippen molar-refractivity contribution in [1.82, 2.24) is 9.80 Å². The fourth-order valence-corrected chi connectivity index (χ4v) is 4.44. The van der Waals surface area contributed by atoms with E-state index in [1.807, 2.05) is 53.4 Å². The second kappa shape index (κ2) is 12.0. The zero-order valence-corrected chi connectivity index (χ0v) is 19.7. The van der Waals surface area contributed by atoms with E-state index in [1.54, 1.807) is 0 Å². The van der Waals surface area contributed by atoms with Crippen LogP contribution in [0.3, 0.4) is 0 Å². The molecule has 1 saturated heterocycles. The van der Waals surface area contributed by atoms with Gasteiger partial charge in [0.05, 0.1) is 0 Å². The Morgan fingerprint density at radius 3 is 2.36 bits per heavy atom. The number of rotatable bonds is 8. The highest BCUT2D eigenvalue weighted by Gasteiger charge is 2.23. The molecule has 33 heavy (non-hydrogen) atoms. The van der Waals surface area contributed by atoms with Crippen molar-refractivity contribution in [3.63, 3.8) is 0 Å². The normalized spacial score (nSPS) is 15.9. The molecule has 0 aliphatic carbocycles. The lowest BCUT2D eigenvalue weighted by molar-refractivity contribution is -0.116. The molecule has 2 aliphatic heterocycles. The Bertz CT molecular complexity index is 972. The summed E-state index contributed by atoms with van der Waals surface area (Å²) in [5.74, 6) is 0.335. The maximum atomic E-state index is 12.9. The molecule has 1 N–H and O–H groups in total. The van der Waals surface area contributed by atoms with Gasteiger partial charge in [0, 0.05) is 55.8 Å². The van der Waals surface area contributed by atoms with Crippen LogP contribution < -0.4 is 5.32 Å². The Labute approximate surface area is 201 Å². The van der Waals surface area contributed by atoms with Gasteiger partial charge in [-0.15, -0.1) is 12.4 Å².